The molecule has 20 heavy (non-hydrogen) atoms. The fourth-order valence-corrected chi connectivity index (χ4v) is 2.04. The van der Waals surface area contributed by atoms with Crippen molar-refractivity contribution in [3.63, 3.8) is 0 Å². The molecule has 1 aromatic rings. The van der Waals surface area contributed by atoms with E-state index in [9.17, 15) is 19.8 Å². The van der Waals surface area contributed by atoms with Crippen molar-refractivity contribution in [2.24, 2.45) is 5.92 Å². The molecular weight excluding hydrogens is 264 g/mol. The molecule has 1 aromatic carbocycles. The van der Waals surface area contributed by atoms with Crippen molar-refractivity contribution in [2.75, 3.05) is 7.11 Å². The van der Waals surface area contributed by atoms with E-state index >= 15 is 0 Å². The normalized spacial score (nSPS) is 17.6. The monoisotopic (exact) mass is 276 g/mol. The highest BCUT2D eigenvalue weighted by atomic mass is 16.5. The summed E-state index contributed by atoms with van der Waals surface area (Å²) in [6.45, 7) is 1.68. The number of methoxy groups -OCH3 is 1. The van der Waals surface area contributed by atoms with Gasteiger partial charge in [-0.3, -0.25) is 4.79 Å². The minimum atomic E-state index is -1.01. The third-order valence-corrected chi connectivity index (χ3v) is 2.93. The lowest BCUT2D eigenvalue weighted by atomic mass is 10.0. The summed E-state index contributed by atoms with van der Waals surface area (Å²) in [5.41, 5.74) is 0. The average molecular weight is 276 g/mol. The number of phenolic OH excluding ortho intramolecular Hbond substituents is 1. The number of aliphatic hydroxyl groups excluding tert-OH is 1. The van der Waals surface area contributed by atoms with Gasteiger partial charge >= 0.3 is 5.97 Å². The Labute approximate surface area is 113 Å². The molecule has 0 radical (unpaired) electrons. The van der Waals surface area contributed by atoms with Crippen LogP contribution in [0.15, 0.2) is 18.2 Å². The van der Waals surface area contributed by atoms with Crippen LogP contribution in [0.4, 0.5) is 0 Å². The molecular formula is C14H12O6. The number of phenols is 1. The van der Waals surface area contributed by atoms with Crippen molar-refractivity contribution in [3.8, 4) is 17.2 Å². The van der Waals surface area contributed by atoms with E-state index in [2.05, 4.69) is 0 Å². The number of carbonyl (C=O) groups excluding carboxylic acids is 2. The fraction of sp³-hybridized carbons (Fsp3) is 0.214. The van der Waals surface area contributed by atoms with Gasteiger partial charge in [-0.15, -0.1) is 0 Å². The second-order valence-electron chi connectivity index (χ2n) is 4.09. The van der Waals surface area contributed by atoms with Crippen LogP contribution < -0.4 is 19.9 Å². The number of allylic oxidation sites excluding steroid dienone is 1. The highest BCUT2D eigenvalue weighted by Gasteiger charge is 2.31. The Bertz CT molecular complexity index is 740. The molecule has 1 aliphatic rings. The summed E-state index contributed by atoms with van der Waals surface area (Å²) in [5, 5.41) is 20.1. The standard InChI is InChI=1S/C14H12O6/c1-3-4-8-11(16)10-9(20-14(8)18)5-7(6-15)13(19-2)12(10)17/h3-5,8,16-17H,1-2H3. The fourth-order valence-electron chi connectivity index (χ4n) is 2.04. The molecule has 1 atom stereocenters. The largest absolute Gasteiger partial charge is 0.510 e. The molecule has 0 amide bonds. The summed E-state index contributed by atoms with van der Waals surface area (Å²) in [6.07, 6.45) is 3.02. The van der Waals surface area contributed by atoms with E-state index in [4.69, 9.17) is 9.47 Å². The molecule has 1 aliphatic heterocycles. The van der Waals surface area contributed by atoms with Crippen molar-refractivity contribution in [2.45, 2.75) is 6.92 Å². The van der Waals surface area contributed by atoms with Crippen LogP contribution in [0.3, 0.4) is 0 Å². The zero-order valence-electron chi connectivity index (χ0n) is 10.8. The summed E-state index contributed by atoms with van der Waals surface area (Å²) < 4.78 is 9.93. The number of aliphatic hydroxyl groups is 1. The van der Waals surface area contributed by atoms with Gasteiger partial charge < -0.3 is 19.7 Å². The number of benzene rings is 1. The molecule has 6 nitrogen and oxygen atoms in total. The van der Waals surface area contributed by atoms with Crippen LogP contribution in [0.2, 0.25) is 0 Å². The van der Waals surface area contributed by atoms with E-state index in [-0.39, 0.29) is 27.7 Å². The molecule has 0 saturated heterocycles. The van der Waals surface area contributed by atoms with Gasteiger partial charge in [-0.2, -0.15) is 0 Å². The van der Waals surface area contributed by atoms with Gasteiger partial charge in [0.2, 0.25) is 0 Å². The van der Waals surface area contributed by atoms with Crippen molar-refractivity contribution >= 4 is 17.7 Å². The van der Waals surface area contributed by atoms with Crippen molar-refractivity contribution in [3.05, 3.63) is 28.7 Å². The number of aromatic hydroxyl groups is 1. The lowest BCUT2D eigenvalue weighted by Gasteiger charge is -2.19. The minimum absolute atomic E-state index is 0.0662. The van der Waals surface area contributed by atoms with E-state index in [0.717, 1.165) is 0 Å². The Morgan fingerprint density at radius 3 is 2.70 bits per heavy atom. The lowest BCUT2D eigenvalue weighted by Crippen LogP contribution is -2.33. The smallest absolute Gasteiger partial charge is 0.325 e. The number of esters is 1. The van der Waals surface area contributed by atoms with Gasteiger partial charge in [0.15, 0.2) is 11.5 Å². The van der Waals surface area contributed by atoms with E-state index in [0.29, 0.717) is 0 Å². The van der Waals surface area contributed by atoms with Gasteiger partial charge in [0.1, 0.15) is 33.8 Å². The minimum Gasteiger partial charge on any atom is -0.510 e. The molecule has 0 spiro atoms. The molecule has 2 N–H and O–H groups in total. The molecule has 2 rings (SSSR count). The molecule has 0 bridgehead atoms. The van der Waals surface area contributed by atoms with Crippen LogP contribution in [0.5, 0.6) is 17.2 Å². The van der Waals surface area contributed by atoms with Crippen molar-refractivity contribution in [1.82, 2.24) is 0 Å². The number of ether oxygens (including phenoxy) is 2. The van der Waals surface area contributed by atoms with Crippen molar-refractivity contribution < 1.29 is 29.3 Å². The van der Waals surface area contributed by atoms with Crippen LogP contribution in [-0.4, -0.2) is 29.2 Å². The van der Waals surface area contributed by atoms with Crippen LogP contribution in [0, 0.1) is 5.92 Å². The van der Waals surface area contributed by atoms with Gasteiger partial charge in [-0.25, -0.2) is 4.79 Å². The predicted molar refractivity (Wildman–Crippen MR) is 68.7 cm³/mol. The Kier molecular flexibility index (Phi) is 3.50. The molecule has 6 heteroatoms. The van der Waals surface area contributed by atoms with Crippen molar-refractivity contribution in [1.29, 1.82) is 0 Å². The second-order valence-corrected chi connectivity index (χ2v) is 4.09. The summed E-state index contributed by atoms with van der Waals surface area (Å²) >= 11 is 0. The zero-order chi connectivity index (χ0) is 14.9. The Balaban J connectivity index is 2.92. The number of rotatable bonds is 2. The van der Waals surface area contributed by atoms with Gasteiger partial charge in [0.25, 0.3) is 0 Å². The summed E-state index contributed by atoms with van der Waals surface area (Å²) in [6, 6.07) is 1.18. The molecule has 1 unspecified atom stereocenters. The average Bonchev–Trinajstić information content (AvgIpc) is 2.42. The van der Waals surface area contributed by atoms with E-state index < -0.39 is 17.6 Å². The highest BCUT2D eigenvalue weighted by molar-refractivity contribution is 5.88. The number of hydrogen-bond acceptors (Lipinski definition) is 6. The van der Waals surface area contributed by atoms with Gasteiger partial charge in [-0.1, -0.05) is 12.2 Å². The number of fused-ring (bicyclic) bond motifs is 1. The molecule has 104 valence electrons. The summed E-state index contributed by atoms with van der Waals surface area (Å²) in [5.74, 6) is -1.20. The van der Waals surface area contributed by atoms with Crippen LogP contribution >= 0.6 is 0 Å². The van der Waals surface area contributed by atoms with Crippen LogP contribution in [-0.2, 0) is 9.59 Å². The first-order chi connectivity index (χ1) is 9.54. The van der Waals surface area contributed by atoms with Gasteiger partial charge in [0, 0.05) is 6.07 Å². The van der Waals surface area contributed by atoms with Crippen LogP contribution in [0.1, 0.15) is 6.92 Å². The molecule has 1 heterocycles. The molecule has 0 aliphatic carbocycles. The lowest BCUT2D eigenvalue weighted by molar-refractivity contribution is -0.136. The van der Waals surface area contributed by atoms with Crippen LogP contribution in [0.25, 0.3) is 5.76 Å². The quantitative estimate of drug-likeness (QED) is 0.437. The van der Waals surface area contributed by atoms with E-state index in [1.54, 1.807) is 18.9 Å². The van der Waals surface area contributed by atoms with E-state index in [1.165, 1.54) is 19.3 Å². The molecule has 0 saturated carbocycles. The third-order valence-electron chi connectivity index (χ3n) is 2.93. The zero-order valence-corrected chi connectivity index (χ0v) is 10.8. The number of hydrogen-bond donors (Lipinski definition) is 2. The Morgan fingerprint density at radius 2 is 2.15 bits per heavy atom. The maximum atomic E-state index is 11.8. The summed E-state index contributed by atoms with van der Waals surface area (Å²) in [4.78, 5) is 22.6. The molecule has 0 aromatic heterocycles. The maximum Gasteiger partial charge on any atom is 0.325 e. The topological polar surface area (TPSA) is 93.1 Å². The Morgan fingerprint density at radius 1 is 1.45 bits per heavy atom. The van der Waals surface area contributed by atoms with E-state index in [1.807, 2.05) is 0 Å². The SMILES string of the molecule is CC=CC1C(=O)Oc2cc(=C=O)c(OC)c(O)c2=C1O. The van der Waals surface area contributed by atoms with Gasteiger partial charge in [0.05, 0.1) is 7.11 Å². The summed E-state index contributed by atoms with van der Waals surface area (Å²) in [7, 11) is 1.26. The maximum absolute atomic E-state index is 11.8. The first kappa shape index (κ1) is 13.7. The Hall–Kier alpha value is -2.72. The third kappa shape index (κ3) is 1.92. The number of carbonyl (C=O) groups is 1. The molecule has 0 fully saturated rings. The first-order valence-electron chi connectivity index (χ1n) is 5.77. The predicted octanol–water partition coefficient (Wildman–Crippen LogP) is -0.319. The second kappa shape index (κ2) is 5.11. The highest BCUT2D eigenvalue weighted by Crippen LogP contribution is 2.27. The first-order valence-corrected chi connectivity index (χ1v) is 5.77. The van der Waals surface area contributed by atoms with Gasteiger partial charge in [-0.05, 0) is 6.92 Å².